The van der Waals surface area contributed by atoms with E-state index in [4.69, 9.17) is 16.3 Å². The van der Waals surface area contributed by atoms with Crippen molar-refractivity contribution in [1.82, 2.24) is 14.9 Å². The lowest BCUT2D eigenvalue weighted by atomic mass is 10.0. The van der Waals surface area contributed by atoms with E-state index in [1.807, 2.05) is 24.3 Å². The van der Waals surface area contributed by atoms with E-state index in [0.29, 0.717) is 36.8 Å². The highest BCUT2D eigenvalue weighted by Gasteiger charge is 2.31. The van der Waals surface area contributed by atoms with Crippen LogP contribution in [0.25, 0.3) is 11.3 Å². The third-order valence-electron chi connectivity index (χ3n) is 5.91. The molecule has 0 N–H and O–H groups in total. The Morgan fingerprint density at radius 3 is 2.72 bits per heavy atom. The molecule has 2 amide bonds. The molecule has 4 heterocycles. The first kappa shape index (κ1) is 20.5. The van der Waals surface area contributed by atoms with Crippen molar-refractivity contribution in [3.8, 4) is 17.0 Å². The molecule has 8 heteroatoms. The summed E-state index contributed by atoms with van der Waals surface area (Å²) in [6.45, 7) is 1.01. The molecule has 0 saturated heterocycles. The van der Waals surface area contributed by atoms with Gasteiger partial charge in [0.25, 0.3) is 0 Å². The van der Waals surface area contributed by atoms with Gasteiger partial charge in [-0.3, -0.25) is 19.5 Å². The normalized spacial score (nSPS) is 14.9. The number of carbonyl (C=O) groups excluding carboxylic acids is 2. The number of halogens is 1. The molecule has 2 aromatic heterocycles. The third kappa shape index (κ3) is 3.80. The number of methoxy groups -OCH3 is 1. The lowest BCUT2D eigenvalue weighted by molar-refractivity contribution is -0.132. The maximum absolute atomic E-state index is 13.1. The Hall–Kier alpha value is -3.45. The van der Waals surface area contributed by atoms with E-state index in [2.05, 4.69) is 9.97 Å². The minimum absolute atomic E-state index is 0.0290. The molecule has 2 aliphatic rings. The molecule has 5 rings (SSSR count). The van der Waals surface area contributed by atoms with Crippen molar-refractivity contribution in [2.75, 3.05) is 18.6 Å². The molecule has 0 aliphatic carbocycles. The van der Waals surface area contributed by atoms with Gasteiger partial charge in [0, 0.05) is 42.5 Å². The lowest BCUT2D eigenvalue weighted by Gasteiger charge is -2.29. The molecule has 3 aromatic rings. The van der Waals surface area contributed by atoms with E-state index >= 15 is 0 Å². The van der Waals surface area contributed by atoms with Gasteiger partial charge >= 0.3 is 0 Å². The average molecular weight is 449 g/mol. The van der Waals surface area contributed by atoms with Crippen molar-refractivity contribution in [3.05, 3.63) is 70.5 Å². The highest BCUT2D eigenvalue weighted by Crippen LogP contribution is 2.31. The number of aromatic nitrogens is 2. The van der Waals surface area contributed by atoms with Gasteiger partial charge in [0.15, 0.2) is 0 Å². The Bertz CT molecular complexity index is 1230. The predicted octanol–water partition coefficient (Wildman–Crippen LogP) is 3.63. The van der Waals surface area contributed by atoms with Crippen LogP contribution in [-0.2, 0) is 29.1 Å². The van der Waals surface area contributed by atoms with Gasteiger partial charge < -0.3 is 9.64 Å². The molecule has 0 spiro atoms. The van der Waals surface area contributed by atoms with Crippen LogP contribution in [0.5, 0.6) is 5.75 Å². The molecule has 7 nitrogen and oxygen atoms in total. The minimum Gasteiger partial charge on any atom is -0.497 e. The Balaban J connectivity index is 1.36. The highest BCUT2D eigenvalue weighted by atomic mass is 35.5. The first-order chi connectivity index (χ1) is 15.5. The summed E-state index contributed by atoms with van der Waals surface area (Å²) in [7, 11) is 1.62. The van der Waals surface area contributed by atoms with Gasteiger partial charge in [-0.25, -0.2) is 4.98 Å². The number of nitrogens with zero attached hydrogens (tertiary/aromatic N) is 4. The number of hydrogen-bond donors (Lipinski definition) is 0. The standard InChI is InChI=1S/C24H21ClN4O3/c1-32-20-4-2-16-12-28(13-18(16)9-20)23(31)14-29-22(30)5-3-15-8-17(11-27-24(15)29)21-10-19(25)6-7-26-21/h2,4,6-11H,3,5,12-14H2,1H3. The van der Waals surface area contributed by atoms with Gasteiger partial charge in [-0.2, -0.15) is 0 Å². The van der Waals surface area contributed by atoms with Crippen LogP contribution in [0.3, 0.4) is 0 Å². The molecular weight excluding hydrogens is 428 g/mol. The number of rotatable bonds is 4. The zero-order valence-corrected chi connectivity index (χ0v) is 18.3. The van der Waals surface area contributed by atoms with Crippen LogP contribution in [0.4, 0.5) is 5.82 Å². The highest BCUT2D eigenvalue weighted by molar-refractivity contribution is 6.30. The number of anilines is 1. The van der Waals surface area contributed by atoms with Crippen LogP contribution in [0.2, 0.25) is 5.02 Å². The van der Waals surface area contributed by atoms with Crippen molar-refractivity contribution in [3.63, 3.8) is 0 Å². The van der Waals surface area contributed by atoms with Crippen molar-refractivity contribution in [2.45, 2.75) is 25.9 Å². The summed E-state index contributed by atoms with van der Waals surface area (Å²) in [5, 5.41) is 0.597. The molecule has 162 valence electrons. The molecule has 0 bridgehead atoms. The summed E-state index contributed by atoms with van der Waals surface area (Å²) in [6, 6.07) is 11.3. The Morgan fingerprint density at radius 2 is 1.91 bits per heavy atom. The average Bonchev–Trinajstić information content (AvgIpc) is 3.24. The molecule has 0 fully saturated rings. The zero-order valence-electron chi connectivity index (χ0n) is 17.5. The van der Waals surface area contributed by atoms with Crippen LogP contribution in [0, 0.1) is 0 Å². The molecular formula is C24H21ClN4O3. The van der Waals surface area contributed by atoms with E-state index in [-0.39, 0.29) is 18.4 Å². The monoisotopic (exact) mass is 448 g/mol. The molecule has 0 atom stereocenters. The summed E-state index contributed by atoms with van der Waals surface area (Å²) >= 11 is 6.09. The molecule has 2 aliphatic heterocycles. The largest absolute Gasteiger partial charge is 0.497 e. The maximum Gasteiger partial charge on any atom is 0.243 e. The first-order valence-corrected chi connectivity index (χ1v) is 10.7. The topological polar surface area (TPSA) is 75.6 Å². The number of benzene rings is 1. The van der Waals surface area contributed by atoms with E-state index in [0.717, 1.165) is 33.7 Å². The smallest absolute Gasteiger partial charge is 0.243 e. The van der Waals surface area contributed by atoms with Crippen molar-refractivity contribution < 1.29 is 14.3 Å². The fraction of sp³-hybridized carbons (Fsp3) is 0.250. The van der Waals surface area contributed by atoms with Crippen LogP contribution in [0.15, 0.2) is 48.8 Å². The second-order valence-electron chi connectivity index (χ2n) is 7.93. The minimum atomic E-state index is -0.108. The predicted molar refractivity (Wildman–Crippen MR) is 120 cm³/mol. The number of ether oxygens (including phenoxy) is 1. The molecule has 32 heavy (non-hydrogen) atoms. The van der Waals surface area contributed by atoms with E-state index in [1.165, 1.54) is 4.90 Å². The van der Waals surface area contributed by atoms with Crippen LogP contribution in [-0.4, -0.2) is 40.3 Å². The number of carbonyl (C=O) groups is 2. The summed E-state index contributed by atoms with van der Waals surface area (Å²) in [6.07, 6.45) is 4.24. The summed E-state index contributed by atoms with van der Waals surface area (Å²) in [4.78, 5) is 37.9. The summed E-state index contributed by atoms with van der Waals surface area (Å²) < 4.78 is 5.28. The number of fused-ring (bicyclic) bond motifs is 2. The number of pyridine rings is 2. The summed E-state index contributed by atoms with van der Waals surface area (Å²) in [5.74, 6) is 1.11. The van der Waals surface area contributed by atoms with E-state index < -0.39 is 0 Å². The Morgan fingerprint density at radius 1 is 1.06 bits per heavy atom. The molecule has 1 aromatic carbocycles. The van der Waals surface area contributed by atoms with Gasteiger partial charge in [0.05, 0.1) is 12.8 Å². The van der Waals surface area contributed by atoms with Gasteiger partial charge in [0.2, 0.25) is 11.8 Å². The van der Waals surface area contributed by atoms with E-state index in [9.17, 15) is 9.59 Å². The van der Waals surface area contributed by atoms with Crippen molar-refractivity contribution in [1.29, 1.82) is 0 Å². The van der Waals surface area contributed by atoms with Crippen molar-refractivity contribution in [2.24, 2.45) is 0 Å². The fourth-order valence-electron chi connectivity index (χ4n) is 4.20. The Labute approximate surface area is 190 Å². The van der Waals surface area contributed by atoms with Gasteiger partial charge in [-0.15, -0.1) is 0 Å². The zero-order chi connectivity index (χ0) is 22.2. The van der Waals surface area contributed by atoms with Crippen LogP contribution < -0.4 is 9.64 Å². The quantitative estimate of drug-likeness (QED) is 0.609. The lowest BCUT2D eigenvalue weighted by Crippen LogP contribution is -2.43. The van der Waals surface area contributed by atoms with Gasteiger partial charge in [-0.1, -0.05) is 17.7 Å². The second kappa shape index (κ2) is 8.24. The Kier molecular flexibility index (Phi) is 5.27. The number of hydrogen-bond acceptors (Lipinski definition) is 5. The van der Waals surface area contributed by atoms with E-state index in [1.54, 1.807) is 36.5 Å². The molecule has 0 unspecified atom stereocenters. The first-order valence-electron chi connectivity index (χ1n) is 10.4. The third-order valence-corrected chi connectivity index (χ3v) is 6.14. The summed E-state index contributed by atoms with van der Waals surface area (Å²) in [5.41, 5.74) is 4.64. The number of aryl methyl sites for hydroxylation is 1. The second-order valence-corrected chi connectivity index (χ2v) is 8.37. The number of amides is 2. The molecule has 0 saturated carbocycles. The SMILES string of the molecule is COc1ccc2c(c1)CN(C(=O)CN1C(=O)CCc3cc(-c4cc(Cl)ccn4)cnc31)C2. The van der Waals surface area contributed by atoms with Crippen LogP contribution >= 0.6 is 11.6 Å². The molecule has 0 radical (unpaired) electrons. The maximum atomic E-state index is 13.1. The van der Waals surface area contributed by atoms with Gasteiger partial charge in [-0.05, 0) is 53.4 Å². The van der Waals surface area contributed by atoms with Gasteiger partial charge in [0.1, 0.15) is 18.1 Å². The van der Waals surface area contributed by atoms with Crippen LogP contribution in [0.1, 0.15) is 23.1 Å². The fourth-order valence-corrected chi connectivity index (χ4v) is 4.36. The van der Waals surface area contributed by atoms with Crippen molar-refractivity contribution >= 4 is 29.2 Å².